The molecule has 2 rings (SSSR count). The first-order chi connectivity index (χ1) is 10.6. The van der Waals surface area contributed by atoms with Gasteiger partial charge in [-0.2, -0.15) is 5.10 Å². The predicted molar refractivity (Wildman–Crippen MR) is 84.0 cm³/mol. The number of benzene rings is 1. The molecule has 1 fully saturated rings. The van der Waals surface area contributed by atoms with Crippen LogP contribution in [0.2, 0.25) is 0 Å². The maximum absolute atomic E-state index is 10.7. The molecule has 0 spiro atoms. The van der Waals surface area contributed by atoms with E-state index in [0.29, 0.717) is 5.71 Å². The maximum Gasteiger partial charge on any atom is 0.332 e. The van der Waals surface area contributed by atoms with E-state index < -0.39 is 6.03 Å². The number of morpholine rings is 1. The number of nitrogens with one attached hydrogen (secondary N) is 1. The van der Waals surface area contributed by atoms with Crippen molar-refractivity contribution < 1.29 is 14.3 Å². The Labute approximate surface area is 130 Å². The van der Waals surface area contributed by atoms with E-state index in [1.807, 2.05) is 18.2 Å². The van der Waals surface area contributed by atoms with E-state index in [2.05, 4.69) is 15.4 Å². The minimum atomic E-state index is -0.685. The first kappa shape index (κ1) is 16.3. The number of carbonyl (C=O) groups is 1. The second-order valence-corrected chi connectivity index (χ2v) is 5.09. The largest absolute Gasteiger partial charge is 0.496 e. The Kier molecular flexibility index (Phi) is 5.74. The fourth-order valence-corrected chi connectivity index (χ4v) is 2.30. The highest BCUT2D eigenvalue weighted by molar-refractivity contribution is 5.99. The van der Waals surface area contributed by atoms with Crippen molar-refractivity contribution in [3.05, 3.63) is 29.3 Å². The lowest BCUT2D eigenvalue weighted by atomic mass is 10.1. The van der Waals surface area contributed by atoms with Gasteiger partial charge in [0.05, 0.1) is 26.0 Å². The molecule has 7 nitrogen and oxygen atoms in total. The number of ether oxygens (including phenoxy) is 2. The van der Waals surface area contributed by atoms with Gasteiger partial charge in [-0.15, -0.1) is 0 Å². The second-order valence-electron chi connectivity index (χ2n) is 5.09. The van der Waals surface area contributed by atoms with Crippen LogP contribution in [0.4, 0.5) is 4.79 Å². The lowest BCUT2D eigenvalue weighted by molar-refractivity contribution is 0.0339. The highest BCUT2D eigenvalue weighted by Crippen LogP contribution is 2.22. The molecule has 0 radical (unpaired) electrons. The summed E-state index contributed by atoms with van der Waals surface area (Å²) in [5, 5.41) is 3.92. The average Bonchev–Trinajstić information content (AvgIpc) is 2.54. The molecule has 0 aliphatic carbocycles. The van der Waals surface area contributed by atoms with Gasteiger partial charge in [0.15, 0.2) is 0 Å². The van der Waals surface area contributed by atoms with E-state index in [4.69, 9.17) is 15.2 Å². The molecule has 1 saturated heterocycles. The third-order valence-corrected chi connectivity index (χ3v) is 3.54. The second kappa shape index (κ2) is 7.77. The molecule has 0 bridgehead atoms. The molecular weight excluding hydrogens is 284 g/mol. The lowest BCUT2D eigenvalue weighted by Gasteiger charge is -2.27. The Balaban J connectivity index is 2.12. The van der Waals surface area contributed by atoms with Crippen molar-refractivity contribution in [1.82, 2.24) is 10.3 Å². The third kappa shape index (κ3) is 4.44. The smallest absolute Gasteiger partial charge is 0.332 e. The molecule has 0 unspecified atom stereocenters. The van der Waals surface area contributed by atoms with E-state index in [9.17, 15) is 4.79 Å². The van der Waals surface area contributed by atoms with Gasteiger partial charge in [-0.05, 0) is 13.0 Å². The fraction of sp³-hybridized carbons (Fsp3) is 0.467. The van der Waals surface area contributed by atoms with E-state index in [1.165, 1.54) is 0 Å². The molecule has 22 heavy (non-hydrogen) atoms. The molecule has 1 aromatic rings. The Hall–Kier alpha value is -2.12. The zero-order chi connectivity index (χ0) is 15.9. The number of nitrogens with zero attached hydrogens (tertiary/aromatic N) is 2. The van der Waals surface area contributed by atoms with E-state index >= 15 is 0 Å². The summed E-state index contributed by atoms with van der Waals surface area (Å²) in [6, 6.07) is 5.21. The number of primary amides is 1. The average molecular weight is 306 g/mol. The van der Waals surface area contributed by atoms with Crippen LogP contribution in [-0.2, 0) is 11.3 Å². The van der Waals surface area contributed by atoms with Crippen molar-refractivity contribution in [3.63, 3.8) is 0 Å². The normalized spacial score (nSPS) is 16.4. The van der Waals surface area contributed by atoms with Gasteiger partial charge in [-0.3, -0.25) is 4.90 Å². The molecule has 2 amide bonds. The van der Waals surface area contributed by atoms with Crippen LogP contribution in [0.3, 0.4) is 0 Å². The maximum atomic E-state index is 10.7. The van der Waals surface area contributed by atoms with Crippen LogP contribution >= 0.6 is 0 Å². The predicted octanol–water partition coefficient (Wildman–Crippen LogP) is 0.920. The molecule has 0 saturated carbocycles. The summed E-state index contributed by atoms with van der Waals surface area (Å²) in [6.07, 6.45) is 0. The first-order valence-corrected chi connectivity index (χ1v) is 7.17. The minimum absolute atomic E-state index is 0.662. The topological polar surface area (TPSA) is 89.2 Å². The number of hydrogen-bond donors (Lipinski definition) is 2. The van der Waals surface area contributed by atoms with E-state index in [1.54, 1.807) is 14.0 Å². The van der Waals surface area contributed by atoms with Gasteiger partial charge in [0, 0.05) is 30.8 Å². The Bertz CT molecular complexity index is 554. The summed E-state index contributed by atoms with van der Waals surface area (Å²) in [5.41, 5.74) is 9.88. The van der Waals surface area contributed by atoms with Crippen molar-refractivity contribution in [3.8, 4) is 5.75 Å². The monoisotopic (exact) mass is 306 g/mol. The Morgan fingerprint density at radius 2 is 2.18 bits per heavy atom. The number of hydrogen-bond acceptors (Lipinski definition) is 5. The minimum Gasteiger partial charge on any atom is -0.496 e. The summed E-state index contributed by atoms with van der Waals surface area (Å²) < 4.78 is 10.8. The molecule has 1 aromatic carbocycles. The SMILES string of the molecule is COc1cc(/C(C)=N/NC(N)=O)ccc1CN1CCOCC1. The van der Waals surface area contributed by atoms with Crippen LogP contribution in [0.25, 0.3) is 0 Å². The summed E-state index contributed by atoms with van der Waals surface area (Å²) in [5.74, 6) is 0.803. The number of nitrogens with two attached hydrogens (primary N) is 1. The van der Waals surface area contributed by atoms with Crippen LogP contribution in [0, 0.1) is 0 Å². The van der Waals surface area contributed by atoms with Crippen LogP contribution in [0.1, 0.15) is 18.1 Å². The quantitative estimate of drug-likeness (QED) is 0.625. The highest BCUT2D eigenvalue weighted by Gasteiger charge is 2.14. The number of hydrazone groups is 1. The van der Waals surface area contributed by atoms with Gasteiger partial charge in [-0.1, -0.05) is 12.1 Å². The number of amides is 2. The molecule has 1 aliphatic heterocycles. The molecule has 0 atom stereocenters. The van der Waals surface area contributed by atoms with Crippen molar-refractivity contribution in [2.75, 3.05) is 33.4 Å². The van der Waals surface area contributed by atoms with Crippen LogP contribution in [-0.4, -0.2) is 50.1 Å². The number of rotatable bonds is 5. The molecular formula is C15H22N4O3. The van der Waals surface area contributed by atoms with Crippen LogP contribution in [0.15, 0.2) is 23.3 Å². The van der Waals surface area contributed by atoms with Crippen molar-refractivity contribution in [2.24, 2.45) is 10.8 Å². The van der Waals surface area contributed by atoms with E-state index in [-0.39, 0.29) is 0 Å². The fourth-order valence-electron chi connectivity index (χ4n) is 2.30. The molecule has 1 aliphatic rings. The first-order valence-electron chi connectivity index (χ1n) is 7.17. The van der Waals surface area contributed by atoms with Gasteiger partial charge in [0.2, 0.25) is 0 Å². The van der Waals surface area contributed by atoms with Gasteiger partial charge in [0.1, 0.15) is 5.75 Å². The summed E-state index contributed by atoms with van der Waals surface area (Å²) >= 11 is 0. The van der Waals surface area contributed by atoms with Crippen molar-refractivity contribution in [2.45, 2.75) is 13.5 Å². The molecule has 3 N–H and O–H groups in total. The zero-order valence-electron chi connectivity index (χ0n) is 13.0. The number of methoxy groups -OCH3 is 1. The standard InChI is InChI=1S/C15H22N4O3/c1-11(17-18-15(16)20)12-3-4-13(14(9-12)21-2)10-19-5-7-22-8-6-19/h3-4,9H,5-8,10H2,1-2H3,(H3,16,18,20)/b17-11+. The highest BCUT2D eigenvalue weighted by atomic mass is 16.5. The van der Waals surface area contributed by atoms with Gasteiger partial charge in [-0.25, -0.2) is 10.2 Å². The van der Waals surface area contributed by atoms with Crippen LogP contribution < -0.4 is 15.9 Å². The van der Waals surface area contributed by atoms with Gasteiger partial charge >= 0.3 is 6.03 Å². The summed E-state index contributed by atoms with van der Waals surface area (Å²) in [6.45, 7) is 6.01. The number of urea groups is 1. The van der Waals surface area contributed by atoms with Gasteiger partial charge < -0.3 is 15.2 Å². The molecule has 1 heterocycles. The lowest BCUT2D eigenvalue weighted by Crippen LogP contribution is -2.35. The number of carbonyl (C=O) groups excluding carboxylic acids is 1. The Morgan fingerprint density at radius 1 is 1.45 bits per heavy atom. The zero-order valence-corrected chi connectivity index (χ0v) is 13.0. The molecule has 120 valence electrons. The van der Waals surface area contributed by atoms with E-state index in [0.717, 1.165) is 49.7 Å². The summed E-state index contributed by atoms with van der Waals surface area (Å²) in [7, 11) is 1.65. The Morgan fingerprint density at radius 3 is 2.82 bits per heavy atom. The molecule has 7 heteroatoms. The third-order valence-electron chi connectivity index (χ3n) is 3.54. The molecule has 0 aromatic heterocycles. The summed E-state index contributed by atoms with van der Waals surface area (Å²) in [4.78, 5) is 13.0. The van der Waals surface area contributed by atoms with Crippen molar-refractivity contribution >= 4 is 11.7 Å². The van der Waals surface area contributed by atoms with Crippen LogP contribution in [0.5, 0.6) is 5.75 Å². The van der Waals surface area contributed by atoms with Gasteiger partial charge in [0.25, 0.3) is 0 Å². The van der Waals surface area contributed by atoms with Crippen molar-refractivity contribution in [1.29, 1.82) is 0 Å².